The molecule has 3 atom stereocenters. The van der Waals surface area contributed by atoms with Crippen LogP contribution < -0.4 is 5.73 Å². The second kappa shape index (κ2) is 4.48. The predicted molar refractivity (Wildman–Crippen MR) is 58.3 cm³/mol. The van der Waals surface area contributed by atoms with Gasteiger partial charge in [-0.15, -0.1) is 0 Å². The number of alkyl halides is 3. The smallest absolute Gasteiger partial charge is 0.335 e. The second-order valence-electron chi connectivity index (χ2n) is 4.90. The van der Waals surface area contributed by atoms with Crippen LogP contribution in [0, 0.1) is 0 Å². The summed E-state index contributed by atoms with van der Waals surface area (Å²) in [5, 5.41) is 0. The van der Waals surface area contributed by atoms with Crippen molar-refractivity contribution in [3.05, 3.63) is 0 Å². The largest absolute Gasteiger partial charge is 0.415 e. The topological polar surface area (TPSA) is 46.3 Å². The molecule has 6 heteroatoms. The lowest BCUT2D eigenvalue weighted by molar-refractivity contribution is -0.195. The molecule has 0 radical (unpaired) electrons. The van der Waals surface area contributed by atoms with Crippen LogP contribution in [0.4, 0.5) is 13.2 Å². The predicted octanol–water partition coefficient (Wildman–Crippen LogP) is 2.06. The van der Waals surface area contributed by atoms with Crippen molar-refractivity contribution in [2.24, 2.45) is 5.73 Å². The van der Waals surface area contributed by atoms with Crippen molar-refractivity contribution in [1.82, 2.24) is 4.90 Å². The van der Waals surface area contributed by atoms with E-state index in [0.29, 0.717) is 6.42 Å². The molecule has 0 spiro atoms. The van der Waals surface area contributed by atoms with Crippen LogP contribution in [0.15, 0.2) is 0 Å². The van der Waals surface area contributed by atoms with Crippen LogP contribution in [-0.4, -0.2) is 34.6 Å². The van der Waals surface area contributed by atoms with E-state index in [1.54, 1.807) is 6.92 Å². The summed E-state index contributed by atoms with van der Waals surface area (Å²) < 4.78 is 38.2. The Hall–Kier alpha value is -0.780. The van der Waals surface area contributed by atoms with Crippen LogP contribution in [-0.2, 0) is 4.79 Å². The number of carbonyl (C=O) groups is 1. The standard InChI is InChI=1S/C11H19F3N2O/c1-4-8-6-5-7(2)16(8)9(17)10(3,15)11(12,13)14/h7-8H,4-6,15H2,1-3H3. The molecule has 0 aromatic carbocycles. The molecule has 0 saturated carbocycles. The molecule has 1 amide bonds. The first-order valence-electron chi connectivity index (χ1n) is 5.81. The van der Waals surface area contributed by atoms with Gasteiger partial charge < -0.3 is 10.6 Å². The summed E-state index contributed by atoms with van der Waals surface area (Å²) in [5.74, 6) is -1.01. The fourth-order valence-corrected chi connectivity index (χ4v) is 2.23. The Bertz CT molecular complexity index is 302. The lowest BCUT2D eigenvalue weighted by Gasteiger charge is -2.36. The van der Waals surface area contributed by atoms with Gasteiger partial charge in [-0.05, 0) is 33.1 Å². The average Bonchev–Trinajstić information content (AvgIpc) is 2.56. The minimum Gasteiger partial charge on any atom is -0.335 e. The van der Waals surface area contributed by atoms with Gasteiger partial charge in [-0.25, -0.2) is 0 Å². The van der Waals surface area contributed by atoms with Crippen LogP contribution in [0.3, 0.4) is 0 Å². The molecule has 1 rings (SSSR count). The zero-order chi connectivity index (χ0) is 13.4. The first-order chi connectivity index (χ1) is 7.63. The van der Waals surface area contributed by atoms with E-state index in [1.165, 1.54) is 4.90 Å². The quantitative estimate of drug-likeness (QED) is 0.817. The van der Waals surface area contributed by atoms with Crippen molar-refractivity contribution in [2.75, 3.05) is 0 Å². The molecule has 0 aromatic heterocycles. The lowest BCUT2D eigenvalue weighted by Crippen LogP contribution is -2.63. The molecule has 3 unspecified atom stereocenters. The second-order valence-corrected chi connectivity index (χ2v) is 4.90. The number of halogens is 3. The van der Waals surface area contributed by atoms with Crippen LogP contribution in [0.2, 0.25) is 0 Å². The average molecular weight is 252 g/mol. The Morgan fingerprint density at radius 2 is 1.94 bits per heavy atom. The number of nitrogens with two attached hydrogens (primary N) is 1. The number of likely N-dealkylation sites (tertiary alicyclic amines) is 1. The Kier molecular flexibility index (Phi) is 3.76. The molecular formula is C11H19F3N2O. The number of rotatable bonds is 2. The summed E-state index contributed by atoms with van der Waals surface area (Å²) >= 11 is 0. The molecule has 1 heterocycles. The maximum absolute atomic E-state index is 12.7. The van der Waals surface area contributed by atoms with E-state index in [1.807, 2.05) is 6.92 Å². The molecular weight excluding hydrogens is 233 g/mol. The molecule has 0 aliphatic carbocycles. The van der Waals surface area contributed by atoms with Crippen molar-refractivity contribution in [1.29, 1.82) is 0 Å². The Morgan fingerprint density at radius 1 is 1.41 bits per heavy atom. The molecule has 3 nitrogen and oxygen atoms in total. The third-order valence-electron chi connectivity index (χ3n) is 3.52. The van der Waals surface area contributed by atoms with Gasteiger partial charge in [0.25, 0.3) is 5.91 Å². The van der Waals surface area contributed by atoms with E-state index in [0.717, 1.165) is 19.8 Å². The third-order valence-corrected chi connectivity index (χ3v) is 3.52. The molecule has 100 valence electrons. The van der Waals surface area contributed by atoms with Crippen molar-refractivity contribution >= 4 is 5.91 Å². The maximum Gasteiger partial charge on any atom is 0.415 e. The third kappa shape index (κ3) is 2.41. The van der Waals surface area contributed by atoms with Gasteiger partial charge in [-0.3, -0.25) is 4.79 Å². The van der Waals surface area contributed by atoms with Gasteiger partial charge in [0.1, 0.15) is 0 Å². The molecule has 2 N–H and O–H groups in total. The van der Waals surface area contributed by atoms with Crippen LogP contribution >= 0.6 is 0 Å². The summed E-state index contributed by atoms with van der Waals surface area (Å²) in [6.45, 7) is 4.37. The van der Waals surface area contributed by atoms with Crippen molar-refractivity contribution in [2.45, 2.75) is 63.8 Å². The molecule has 0 bridgehead atoms. The SMILES string of the molecule is CCC1CCC(C)N1C(=O)C(C)(N)C(F)(F)F. The summed E-state index contributed by atoms with van der Waals surface area (Å²) in [5.41, 5.74) is 2.39. The van der Waals surface area contributed by atoms with Crippen molar-refractivity contribution in [3.63, 3.8) is 0 Å². The van der Waals surface area contributed by atoms with Crippen molar-refractivity contribution in [3.8, 4) is 0 Å². The van der Waals surface area contributed by atoms with Gasteiger partial charge in [0.2, 0.25) is 0 Å². The van der Waals surface area contributed by atoms with E-state index in [4.69, 9.17) is 5.73 Å². The summed E-state index contributed by atoms with van der Waals surface area (Å²) in [4.78, 5) is 13.3. The Balaban J connectivity index is 2.96. The van der Waals surface area contributed by atoms with Gasteiger partial charge in [-0.1, -0.05) is 6.92 Å². The monoisotopic (exact) mass is 252 g/mol. The number of hydrogen-bond acceptors (Lipinski definition) is 2. The highest BCUT2D eigenvalue weighted by Gasteiger charge is 2.57. The normalized spacial score (nSPS) is 29.2. The van der Waals surface area contributed by atoms with Gasteiger partial charge in [0.15, 0.2) is 5.54 Å². The molecule has 1 fully saturated rings. The number of carbonyl (C=O) groups excluding carboxylic acids is 1. The molecule has 17 heavy (non-hydrogen) atoms. The highest BCUT2D eigenvalue weighted by atomic mass is 19.4. The molecule has 0 aromatic rings. The van der Waals surface area contributed by atoms with Crippen LogP contribution in [0.1, 0.15) is 40.0 Å². The number of amides is 1. The van der Waals surface area contributed by atoms with Gasteiger partial charge in [0.05, 0.1) is 0 Å². The summed E-state index contributed by atoms with van der Waals surface area (Å²) in [6.07, 6.45) is -2.58. The number of hydrogen-bond donors (Lipinski definition) is 1. The number of nitrogens with zero attached hydrogens (tertiary/aromatic N) is 1. The molecule has 1 saturated heterocycles. The summed E-state index contributed by atoms with van der Waals surface area (Å²) in [7, 11) is 0. The lowest BCUT2D eigenvalue weighted by atomic mass is 10.00. The first-order valence-corrected chi connectivity index (χ1v) is 5.81. The zero-order valence-corrected chi connectivity index (χ0v) is 10.3. The zero-order valence-electron chi connectivity index (χ0n) is 10.3. The van der Waals surface area contributed by atoms with Gasteiger partial charge in [0, 0.05) is 12.1 Å². The van der Waals surface area contributed by atoms with E-state index < -0.39 is 17.6 Å². The Morgan fingerprint density at radius 3 is 2.35 bits per heavy atom. The molecule has 1 aliphatic heterocycles. The fraction of sp³-hybridized carbons (Fsp3) is 0.909. The van der Waals surface area contributed by atoms with E-state index in [-0.39, 0.29) is 12.1 Å². The highest BCUT2D eigenvalue weighted by molar-refractivity contribution is 5.87. The minimum atomic E-state index is -4.72. The van der Waals surface area contributed by atoms with Crippen LogP contribution in [0.25, 0.3) is 0 Å². The highest BCUT2D eigenvalue weighted by Crippen LogP contribution is 2.34. The van der Waals surface area contributed by atoms with Crippen LogP contribution in [0.5, 0.6) is 0 Å². The van der Waals surface area contributed by atoms with E-state index >= 15 is 0 Å². The Labute approximate surface area is 99.1 Å². The van der Waals surface area contributed by atoms with Gasteiger partial charge in [-0.2, -0.15) is 13.2 Å². The van der Waals surface area contributed by atoms with Gasteiger partial charge >= 0.3 is 6.18 Å². The van der Waals surface area contributed by atoms with Crippen molar-refractivity contribution < 1.29 is 18.0 Å². The summed E-state index contributed by atoms with van der Waals surface area (Å²) in [6, 6.07) is -0.291. The maximum atomic E-state index is 12.7. The van der Waals surface area contributed by atoms with E-state index in [9.17, 15) is 18.0 Å². The van der Waals surface area contributed by atoms with E-state index in [2.05, 4.69) is 0 Å². The fourth-order valence-electron chi connectivity index (χ4n) is 2.23. The molecule has 1 aliphatic rings. The first kappa shape index (κ1) is 14.3. The minimum absolute atomic E-state index is 0.122.